The Balaban J connectivity index is 1.86. The molecular weight excluding hydrogens is 451 g/mol. The first-order valence-electron chi connectivity index (χ1n) is 9.29. The van der Waals surface area contributed by atoms with Gasteiger partial charge in [0.15, 0.2) is 5.82 Å². The number of hydrogen-bond donors (Lipinski definition) is 3. The molecule has 3 aromatic rings. The molecule has 1 atom stereocenters. The van der Waals surface area contributed by atoms with E-state index in [9.17, 15) is 23.1 Å². The number of aliphatic hydroxyl groups is 1. The van der Waals surface area contributed by atoms with E-state index >= 15 is 0 Å². The van der Waals surface area contributed by atoms with E-state index in [-0.39, 0.29) is 29.1 Å². The van der Waals surface area contributed by atoms with Crippen molar-refractivity contribution in [3.05, 3.63) is 54.1 Å². The van der Waals surface area contributed by atoms with Gasteiger partial charge in [0.25, 0.3) is 5.91 Å². The molecule has 32 heavy (non-hydrogen) atoms. The first kappa shape index (κ1) is 23.4. The largest absolute Gasteiger partial charge is 0.487 e. The van der Waals surface area contributed by atoms with Gasteiger partial charge >= 0.3 is 5.57 Å². The molecule has 1 aromatic carbocycles. The number of aromatic nitrogens is 3. The van der Waals surface area contributed by atoms with Crippen LogP contribution < -0.4 is 15.0 Å². The van der Waals surface area contributed by atoms with Crippen LogP contribution in [-0.4, -0.2) is 51.5 Å². The lowest BCUT2D eigenvalue weighted by Crippen LogP contribution is -2.28. The molecule has 0 saturated carbocycles. The third-order valence-corrected chi connectivity index (χ3v) is 4.31. The smallest absolute Gasteiger partial charge is 0.420 e. The number of halogens is 4. The number of amides is 1. The summed E-state index contributed by atoms with van der Waals surface area (Å²) >= 11 is 4.72. The molecule has 3 N–H and O–H groups in total. The van der Waals surface area contributed by atoms with Crippen LogP contribution in [0, 0.1) is 5.82 Å². The van der Waals surface area contributed by atoms with Crippen molar-refractivity contribution in [1.82, 2.24) is 15.2 Å². The number of hydrogen-bond acceptors (Lipinski definition) is 6. The van der Waals surface area contributed by atoms with Crippen molar-refractivity contribution in [2.75, 3.05) is 23.8 Å². The molecule has 0 saturated heterocycles. The van der Waals surface area contributed by atoms with Crippen LogP contribution in [-0.2, 0) is 0 Å². The number of rotatable bonds is 8. The maximum absolute atomic E-state index is 14.2. The summed E-state index contributed by atoms with van der Waals surface area (Å²) in [7, 11) is 1.67. The van der Waals surface area contributed by atoms with Gasteiger partial charge in [-0.15, -0.1) is 8.78 Å². The van der Waals surface area contributed by atoms with Gasteiger partial charge in [-0.1, -0.05) is 0 Å². The maximum atomic E-state index is 14.2. The minimum absolute atomic E-state index is 0.0306. The Morgan fingerprint density at radius 2 is 2.03 bits per heavy atom. The van der Waals surface area contributed by atoms with Crippen LogP contribution in [0.1, 0.15) is 17.3 Å². The standard InChI is InChI=1S/C20H19ClF3N5O3/c1-11(30)10-29(2)18-15(17-16(22)9-26-28-17)7-12(8-25-18)19(31)27-13-3-5-14(6-4-13)32-20(21,23)24/h3-9,11,30H,10H2,1-2H3,(H,26,28)(H,27,31). The average molecular weight is 470 g/mol. The van der Waals surface area contributed by atoms with Crippen molar-refractivity contribution in [3.63, 3.8) is 0 Å². The van der Waals surface area contributed by atoms with E-state index in [0.717, 1.165) is 6.20 Å². The molecule has 0 aliphatic rings. The lowest BCUT2D eigenvalue weighted by atomic mass is 10.1. The fourth-order valence-electron chi connectivity index (χ4n) is 2.96. The zero-order chi connectivity index (χ0) is 23.5. The number of aliphatic hydroxyl groups excluding tert-OH is 1. The second-order valence-corrected chi connectivity index (χ2v) is 7.38. The van der Waals surface area contributed by atoms with E-state index in [1.54, 1.807) is 18.9 Å². The molecule has 1 amide bonds. The number of nitrogens with one attached hydrogen (secondary N) is 2. The lowest BCUT2D eigenvalue weighted by molar-refractivity contribution is -0.0964. The first-order valence-corrected chi connectivity index (χ1v) is 9.67. The molecular formula is C20H19ClF3N5O3. The van der Waals surface area contributed by atoms with Gasteiger partial charge in [-0.2, -0.15) is 5.10 Å². The van der Waals surface area contributed by atoms with Crippen molar-refractivity contribution in [2.45, 2.75) is 18.6 Å². The van der Waals surface area contributed by atoms with E-state index in [4.69, 9.17) is 11.6 Å². The van der Waals surface area contributed by atoms with E-state index in [1.165, 1.54) is 36.5 Å². The number of H-pyrrole nitrogens is 1. The number of nitrogens with zero attached hydrogens (tertiary/aromatic N) is 3. The molecule has 0 aliphatic carbocycles. The summed E-state index contributed by atoms with van der Waals surface area (Å²) in [6.07, 6.45) is 1.62. The molecule has 170 valence electrons. The molecule has 3 rings (SSSR count). The van der Waals surface area contributed by atoms with Crippen molar-refractivity contribution >= 4 is 29.0 Å². The quantitative estimate of drug-likeness (QED) is 0.433. The van der Waals surface area contributed by atoms with E-state index < -0.39 is 23.4 Å². The highest BCUT2D eigenvalue weighted by molar-refractivity contribution is 6.20. The van der Waals surface area contributed by atoms with Gasteiger partial charge in [0.1, 0.15) is 17.3 Å². The Morgan fingerprint density at radius 1 is 1.34 bits per heavy atom. The Labute approximate surface area is 186 Å². The number of ether oxygens (including phenoxy) is 1. The van der Waals surface area contributed by atoms with Gasteiger partial charge in [-0.05, 0) is 37.3 Å². The predicted octanol–water partition coefficient (Wildman–Crippen LogP) is 3.85. The fourth-order valence-corrected chi connectivity index (χ4v) is 3.05. The maximum Gasteiger partial charge on any atom is 0.487 e. The number of carbonyl (C=O) groups is 1. The number of pyridine rings is 1. The summed E-state index contributed by atoms with van der Waals surface area (Å²) in [6.45, 7) is 1.82. The highest BCUT2D eigenvalue weighted by atomic mass is 35.5. The van der Waals surface area contributed by atoms with E-state index in [2.05, 4.69) is 25.2 Å². The van der Waals surface area contributed by atoms with Crippen LogP contribution in [0.3, 0.4) is 0 Å². The number of alkyl halides is 3. The fraction of sp³-hybridized carbons (Fsp3) is 0.250. The van der Waals surface area contributed by atoms with Gasteiger partial charge in [-0.25, -0.2) is 9.37 Å². The lowest BCUT2D eigenvalue weighted by Gasteiger charge is -2.22. The zero-order valence-corrected chi connectivity index (χ0v) is 17.7. The Morgan fingerprint density at radius 3 is 2.59 bits per heavy atom. The molecule has 0 spiro atoms. The summed E-state index contributed by atoms with van der Waals surface area (Å²) in [5, 5.41) is 18.5. The minimum Gasteiger partial charge on any atom is -0.420 e. The molecule has 0 bridgehead atoms. The number of anilines is 2. The SMILES string of the molecule is CC(O)CN(C)c1ncc(C(=O)Nc2ccc(OC(F)(F)Cl)cc2)cc1-c1[nH]ncc1F. The third-order valence-electron chi connectivity index (χ3n) is 4.24. The molecule has 1 unspecified atom stereocenters. The van der Waals surface area contributed by atoms with E-state index in [1.807, 2.05) is 0 Å². The summed E-state index contributed by atoms with van der Waals surface area (Å²) in [5.41, 5.74) is -3.15. The number of benzene rings is 1. The van der Waals surface area contributed by atoms with Gasteiger partial charge in [0.05, 0.1) is 17.9 Å². The highest BCUT2D eigenvalue weighted by Gasteiger charge is 2.27. The van der Waals surface area contributed by atoms with Crippen LogP contribution in [0.4, 0.5) is 24.7 Å². The van der Waals surface area contributed by atoms with Gasteiger partial charge in [-0.3, -0.25) is 9.89 Å². The normalized spacial score (nSPS) is 12.3. The van der Waals surface area contributed by atoms with Crippen molar-refractivity contribution in [2.24, 2.45) is 0 Å². The van der Waals surface area contributed by atoms with Crippen LogP contribution in [0.2, 0.25) is 0 Å². The molecule has 8 nitrogen and oxygen atoms in total. The summed E-state index contributed by atoms with van der Waals surface area (Å²) in [6, 6.07) is 6.55. The summed E-state index contributed by atoms with van der Waals surface area (Å²) < 4.78 is 43.8. The van der Waals surface area contributed by atoms with Crippen LogP contribution in [0.25, 0.3) is 11.3 Å². The average Bonchev–Trinajstić information content (AvgIpc) is 3.13. The summed E-state index contributed by atoms with van der Waals surface area (Å²) in [5.74, 6) is -1.07. The molecule has 2 aromatic heterocycles. The monoisotopic (exact) mass is 469 g/mol. The number of carbonyl (C=O) groups excluding carboxylic acids is 1. The third kappa shape index (κ3) is 5.89. The Hall–Kier alpha value is -3.31. The molecule has 2 heterocycles. The van der Waals surface area contributed by atoms with Gasteiger partial charge in [0.2, 0.25) is 0 Å². The first-order chi connectivity index (χ1) is 15.0. The van der Waals surface area contributed by atoms with Crippen molar-refractivity contribution in [1.29, 1.82) is 0 Å². The van der Waals surface area contributed by atoms with Gasteiger partial charge < -0.3 is 20.1 Å². The van der Waals surface area contributed by atoms with E-state index in [0.29, 0.717) is 11.5 Å². The summed E-state index contributed by atoms with van der Waals surface area (Å²) in [4.78, 5) is 18.6. The van der Waals surface area contributed by atoms with Crippen LogP contribution in [0.15, 0.2) is 42.7 Å². The Kier molecular flexibility index (Phi) is 6.90. The molecule has 0 aliphatic heterocycles. The minimum atomic E-state index is -3.85. The van der Waals surface area contributed by atoms with Gasteiger partial charge in [0, 0.05) is 42.6 Å². The molecule has 12 heteroatoms. The van der Waals surface area contributed by atoms with Crippen molar-refractivity contribution in [3.8, 4) is 17.0 Å². The second kappa shape index (κ2) is 9.45. The second-order valence-electron chi connectivity index (χ2n) is 6.94. The number of aromatic amines is 1. The predicted molar refractivity (Wildman–Crippen MR) is 113 cm³/mol. The Bertz CT molecular complexity index is 1090. The van der Waals surface area contributed by atoms with Crippen molar-refractivity contribution < 1.29 is 27.8 Å². The topological polar surface area (TPSA) is 103 Å². The molecule has 0 fully saturated rings. The van der Waals surface area contributed by atoms with Crippen LogP contribution in [0.5, 0.6) is 5.75 Å². The number of likely N-dealkylation sites (N-methyl/N-ethyl adjacent to an activating group) is 1. The van der Waals surface area contributed by atoms with Crippen LogP contribution >= 0.6 is 11.6 Å². The zero-order valence-electron chi connectivity index (χ0n) is 16.9. The molecule has 0 radical (unpaired) electrons. The highest BCUT2D eigenvalue weighted by Crippen LogP contribution is 2.30.